The molecule has 4 rings (SSSR count). The van der Waals surface area contributed by atoms with Crippen molar-refractivity contribution in [3.63, 3.8) is 0 Å². The van der Waals surface area contributed by atoms with Crippen LogP contribution in [0.4, 0.5) is 0 Å². The number of para-hydroxylation sites is 1. The van der Waals surface area contributed by atoms with Gasteiger partial charge in [0.25, 0.3) is 0 Å². The third-order valence-electron chi connectivity index (χ3n) is 6.85. The van der Waals surface area contributed by atoms with E-state index in [1.165, 1.54) is 6.42 Å². The van der Waals surface area contributed by atoms with E-state index in [2.05, 4.69) is 25.0 Å². The number of rotatable bonds is 6. The van der Waals surface area contributed by atoms with Crippen molar-refractivity contribution >= 4 is 35.8 Å². The smallest absolute Gasteiger partial charge is 0.225 e. The third-order valence-corrected chi connectivity index (χ3v) is 6.85. The van der Waals surface area contributed by atoms with E-state index in [9.17, 15) is 4.79 Å². The molecule has 0 unspecified atom stereocenters. The first-order valence-corrected chi connectivity index (χ1v) is 11.9. The van der Waals surface area contributed by atoms with E-state index in [1.807, 2.05) is 37.4 Å². The predicted molar refractivity (Wildman–Crippen MR) is 139 cm³/mol. The van der Waals surface area contributed by atoms with Crippen LogP contribution in [0.5, 0.6) is 5.75 Å². The van der Waals surface area contributed by atoms with Crippen LogP contribution in [-0.2, 0) is 4.79 Å². The van der Waals surface area contributed by atoms with Gasteiger partial charge in [-0.1, -0.05) is 24.6 Å². The minimum atomic E-state index is 0. The first kappa shape index (κ1) is 25.1. The Morgan fingerprint density at radius 3 is 2.28 bits per heavy atom. The summed E-state index contributed by atoms with van der Waals surface area (Å²) in [6.45, 7) is 7.47. The lowest BCUT2D eigenvalue weighted by Gasteiger charge is -2.38. The highest BCUT2D eigenvalue weighted by Crippen LogP contribution is 2.28. The molecule has 1 N–H and O–H groups in total. The van der Waals surface area contributed by atoms with Crippen molar-refractivity contribution in [2.75, 3.05) is 59.4 Å². The van der Waals surface area contributed by atoms with Gasteiger partial charge in [0.1, 0.15) is 11.9 Å². The Kier molecular flexibility index (Phi) is 9.90. The monoisotopic (exact) mass is 555 g/mol. The molecular weight excluding hydrogens is 517 g/mol. The van der Waals surface area contributed by atoms with Crippen molar-refractivity contribution < 1.29 is 9.53 Å². The van der Waals surface area contributed by atoms with E-state index in [0.717, 1.165) is 89.8 Å². The number of hydrogen-bond donors (Lipinski definition) is 1. The Morgan fingerprint density at radius 2 is 1.69 bits per heavy atom. The quantitative estimate of drug-likeness (QED) is 0.333. The minimum Gasteiger partial charge on any atom is -0.490 e. The van der Waals surface area contributed by atoms with Crippen LogP contribution in [0, 0.1) is 5.92 Å². The Morgan fingerprint density at radius 1 is 1.00 bits per heavy atom. The molecule has 1 amide bonds. The van der Waals surface area contributed by atoms with Crippen molar-refractivity contribution in [2.45, 2.75) is 38.2 Å². The number of aliphatic imine (C=N–C) groups is 1. The number of amides is 1. The zero-order valence-corrected chi connectivity index (χ0v) is 21.6. The number of nitrogens with one attached hydrogen (secondary N) is 1. The average Bonchev–Trinajstić information content (AvgIpc) is 2.77. The van der Waals surface area contributed by atoms with Gasteiger partial charge in [-0.05, 0) is 25.0 Å². The van der Waals surface area contributed by atoms with Gasteiger partial charge in [-0.2, -0.15) is 0 Å². The molecule has 0 aromatic heterocycles. The summed E-state index contributed by atoms with van der Waals surface area (Å²) in [4.78, 5) is 23.7. The first-order valence-electron chi connectivity index (χ1n) is 11.9. The summed E-state index contributed by atoms with van der Waals surface area (Å²) < 4.78 is 6.11. The lowest BCUT2D eigenvalue weighted by molar-refractivity contribution is -0.139. The fourth-order valence-electron chi connectivity index (χ4n) is 4.64. The molecule has 0 bridgehead atoms. The summed E-state index contributed by atoms with van der Waals surface area (Å²) in [6.07, 6.45) is 5.70. The van der Waals surface area contributed by atoms with Gasteiger partial charge in [0.15, 0.2) is 5.96 Å². The van der Waals surface area contributed by atoms with Gasteiger partial charge < -0.3 is 19.9 Å². The van der Waals surface area contributed by atoms with Crippen molar-refractivity contribution in [3.8, 4) is 5.75 Å². The molecule has 2 saturated heterocycles. The number of guanidine groups is 1. The van der Waals surface area contributed by atoms with Crippen molar-refractivity contribution in [1.82, 2.24) is 20.0 Å². The van der Waals surface area contributed by atoms with Gasteiger partial charge in [0, 0.05) is 78.2 Å². The first-order chi connectivity index (χ1) is 15.2. The Hall–Kier alpha value is -1.55. The Balaban J connectivity index is 0.00000289. The molecule has 178 valence electrons. The highest BCUT2D eigenvalue weighted by Gasteiger charge is 2.31. The minimum absolute atomic E-state index is 0. The third kappa shape index (κ3) is 6.73. The standard InChI is InChI=1S/C24H37N5O2.HI/c1-25-24(29-13-10-22(11-14-29)31-21-8-3-2-4-9-21)26-12-15-27-16-18-28(19-17-27)23(30)20-6-5-7-20;/h2-4,8-9,20,22H,5-7,10-19H2,1H3,(H,25,26);1H. The summed E-state index contributed by atoms with van der Waals surface area (Å²) in [6, 6.07) is 10.1. The SMILES string of the molecule is CN=C(NCCN1CCN(C(=O)C2CCC2)CC1)N1CCC(Oc2ccccc2)CC1.I. The maximum atomic E-state index is 12.4. The molecule has 2 aliphatic heterocycles. The largest absolute Gasteiger partial charge is 0.490 e. The van der Waals surface area contributed by atoms with Gasteiger partial charge in [-0.15, -0.1) is 24.0 Å². The van der Waals surface area contributed by atoms with Crippen LogP contribution in [-0.4, -0.2) is 92.1 Å². The molecular formula is C24H38IN5O2. The number of benzene rings is 1. The number of carbonyl (C=O) groups is 1. The molecule has 0 atom stereocenters. The number of halogens is 1. The maximum Gasteiger partial charge on any atom is 0.225 e. The van der Waals surface area contributed by atoms with Crippen LogP contribution < -0.4 is 10.1 Å². The van der Waals surface area contributed by atoms with E-state index >= 15 is 0 Å². The molecule has 2 heterocycles. The Labute approximate surface area is 209 Å². The Bertz CT molecular complexity index is 727. The maximum absolute atomic E-state index is 12.4. The number of carbonyl (C=O) groups excluding carboxylic acids is 1. The van der Waals surface area contributed by atoms with E-state index in [0.29, 0.717) is 11.8 Å². The van der Waals surface area contributed by atoms with Crippen LogP contribution in [0.15, 0.2) is 35.3 Å². The van der Waals surface area contributed by atoms with Gasteiger partial charge in [-0.3, -0.25) is 14.7 Å². The van der Waals surface area contributed by atoms with Crippen molar-refractivity contribution in [2.24, 2.45) is 10.9 Å². The molecule has 0 radical (unpaired) electrons. The topological polar surface area (TPSA) is 60.4 Å². The zero-order chi connectivity index (χ0) is 21.5. The summed E-state index contributed by atoms with van der Waals surface area (Å²) >= 11 is 0. The van der Waals surface area contributed by atoms with Gasteiger partial charge in [0.2, 0.25) is 5.91 Å². The fraction of sp³-hybridized carbons (Fsp3) is 0.667. The van der Waals surface area contributed by atoms with E-state index in [4.69, 9.17) is 4.74 Å². The number of hydrogen-bond acceptors (Lipinski definition) is 4. The number of piperidine rings is 1. The zero-order valence-electron chi connectivity index (χ0n) is 19.2. The highest BCUT2D eigenvalue weighted by molar-refractivity contribution is 14.0. The molecule has 1 aromatic rings. The number of nitrogens with zero attached hydrogens (tertiary/aromatic N) is 4. The van der Waals surface area contributed by atoms with E-state index < -0.39 is 0 Å². The number of piperazine rings is 1. The van der Waals surface area contributed by atoms with Gasteiger partial charge >= 0.3 is 0 Å². The van der Waals surface area contributed by atoms with E-state index in [1.54, 1.807) is 0 Å². The summed E-state index contributed by atoms with van der Waals surface area (Å²) in [5.74, 6) is 2.65. The van der Waals surface area contributed by atoms with Crippen LogP contribution in [0.2, 0.25) is 0 Å². The molecule has 32 heavy (non-hydrogen) atoms. The molecule has 1 aliphatic carbocycles. The van der Waals surface area contributed by atoms with Gasteiger partial charge in [-0.25, -0.2) is 0 Å². The molecule has 3 fully saturated rings. The highest BCUT2D eigenvalue weighted by atomic mass is 127. The number of likely N-dealkylation sites (tertiary alicyclic amines) is 1. The normalized spacial score (nSPS) is 21.0. The molecule has 1 aromatic carbocycles. The van der Waals surface area contributed by atoms with E-state index in [-0.39, 0.29) is 30.1 Å². The van der Waals surface area contributed by atoms with Gasteiger partial charge in [0.05, 0.1) is 0 Å². The average molecular weight is 556 g/mol. The lowest BCUT2D eigenvalue weighted by Crippen LogP contribution is -2.53. The summed E-state index contributed by atoms with van der Waals surface area (Å²) in [7, 11) is 1.86. The molecule has 0 spiro atoms. The molecule has 7 nitrogen and oxygen atoms in total. The second kappa shape index (κ2) is 12.6. The van der Waals surface area contributed by atoms with Crippen LogP contribution >= 0.6 is 24.0 Å². The molecule has 1 saturated carbocycles. The summed E-state index contributed by atoms with van der Waals surface area (Å²) in [5, 5.41) is 3.53. The molecule has 3 aliphatic rings. The molecule has 8 heteroatoms. The lowest BCUT2D eigenvalue weighted by atomic mass is 9.84. The fourth-order valence-corrected chi connectivity index (χ4v) is 4.64. The number of ether oxygens (including phenoxy) is 1. The van der Waals surface area contributed by atoms with Crippen molar-refractivity contribution in [3.05, 3.63) is 30.3 Å². The predicted octanol–water partition coefficient (Wildman–Crippen LogP) is 2.67. The summed E-state index contributed by atoms with van der Waals surface area (Å²) in [5.41, 5.74) is 0. The second-order valence-corrected chi connectivity index (χ2v) is 8.89. The van der Waals surface area contributed by atoms with Crippen LogP contribution in [0.1, 0.15) is 32.1 Å². The van der Waals surface area contributed by atoms with Crippen molar-refractivity contribution in [1.29, 1.82) is 0 Å². The second-order valence-electron chi connectivity index (χ2n) is 8.89. The van der Waals surface area contributed by atoms with Crippen LogP contribution in [0.3, 0.4) is 0 Å². The van der Waals surface area contributed by atoms with Crippen LogP contribution in [0.25, 0.3) is 0 Å².